The van der Waals surface area contributed by atoms with E-state index in [9.17, 15) is 9.59 Å². The molecular formula is C18H21N7O2. The van der Waals surface area contributed by atoms with Crippen LogP contribution in [0, 0.1) is 13.8 Å². The molecule has 140 valence electrons. The van der Waals surface area contributed by atoms with Crippen molar-refractivity contribution in [1.29, 1.82) is 0 Å². The van der Waals surface area contributed by atoms with E-state index in [-0.39, 0.29) is 24.2 Å². The van der Waals surface area contributed by atoms with Crippen molar-refractivity contribution in [2.75, 3.05) is 16.4 Å². The van der Waals surface area contributed by atoms with Gasteiger partial charge in [-0.25, -0.2) is 4.98 Å². The van der Waals surface area contributed by atoms with Crippen LogP contribution >= 0.6 is 0 Å². The van der Waals surface area contributed by atoms with Gasteiger partial charge < -0.3 is 16.4 Å². The molecule has 0 aliphatic heterocycles. The predicted octanol–water partition coefficient (Wildman–Crippen LogP) is 1.85. The van der Waals surface area contributed by atoms with E-state index in [0.29, 0.717) is 29.3 Å². The Balaban J connectivity index is 1.72. The van der Waals surface area contributed by atoms with E-state index in [4.69, 9.17) is 5.73 Å². The quantitative estimate of drug-likeness (QED) is 0.631. The number of nitrogens with two attached hydrogens (primary N) is 1. The smallest absolute Gasteiger partial charge is 0.254 e. The first kappa shape index (κ1) is 18.3. The molecule has 9 heteroatoms. The molecule has 2 amide bonds. The SMILES string of the molecule is CCC(=O)Nc1ccc(NC(=O)Cc2c(C)nc3nc(N)nn3c2C)cc1. The molecule has 0 aliphatic rings. The summed E-state index contributed by atoms with van der Waals surface area (Å²) in [4.78, 5) is 32.3. The van der Waals surface area contributed by atoms with Crippen LogP contribution < -0.4 is 16.4 Å². The number of carbonyl (C=O) groups excluding carboxylic acids is 2. The highest BCUT2D eigenvalue weighted by molar-refractivity contribution is 5.94. The lowest BCUT2D eigenvalue weighted by molar-refractivity contribution is -0.116. The fraction of sp³-hybridized carbons (Fsp3) is 0.278. The average Bonchev–Trinajstić information content (AvgIpc) is 3.00. The Morgan fingerprint density at radius 2 is 1.63 bits per heavy atom. The number of carbonyl (C=O) groups is 2. The van der Waals surface area contributed by atoms with E-state index in [0.717, 1.165) is 11.3 Å². The molecule has 0 spiro atoms. The Morgan fingerprint density at radius 3 is 2.22 bits per heavy atom. The van der Waals surface area contributed by atoms with Crippen LogP contribution in [0.2, 0.25) is 0 Å². The van der Waals surface area contributed by atoms with Crippen molar-refractivity contribution in [3.8, 4) is 0 Å². The number of aryl methyl sites for hydroxylation is 2. The van der Waals surface area contributed by atoms with Crippen LogP contribution in [0.15, 0.2) is 24.3 Å². The molecule has 3 rings (SSSR count). The predicted molar refractivity (Wildman–Crippen MR) is 102 cm³/mol. The van der Waals surface area contributed by atoms with Crippen molar-refractivity contribution in [2.24, 2.45) is 0 Å². The maximum atomic E-state index is 12.5. The topological polar surface area (TPSA) is 127 Å². The number of aromatic nitrogens is 4. The molecule has 0 atom stereocenters. The summed E-state index contributed by atoms with van der Waals surface area (Å²) in [5.41, 5.74) is 9.21. The van der Waals surface area contributed by atoms with Gasteiger partial charge in [0.25, 0.3) is 5.78 Å². The van der Waals surface area contributed by atoms with Gasteiger partial charge in [0, 0.05) is 34.7 Å². The van der Waals surface area contributed by atoms with Crippen LogP contribution in [0.4, 0.5) is 17.3 Å². The van der Waals surface area contributed by atoms with Gasteiger partial charge in [-0.2, -0.15) is 9.50 Å². The molecule has 2 heterocycles. The molecule has 27 heavy (non-hydrogen) atoms. The first-order valence-corrected chi connectivity index (χ1v) is 8.55. The van der Waals surface area contributed by atoms with Gasteiger partial charge >= 0.3 is 0 Å². The zero-order chi connectivity index (χ0) is 19.6. The fourth-order valence-electron chi connectivity index (χ4n) is 2.73. The summed E-state index contributed by atoms with van der Waals surface area (Å²) in [5, 5.41) is 9.70. The average molecular weight is 367 g/mol. The molecule has 0 fully saturated rings. The fourth-order valence-corrected chi connectivity index (χ4v) is 2.73. The summed E-state index contributed by atoms with van der Waals surface area (Å²) in [6.07, 6.45) is 0.557. The molecule has 2 aromatic heterocycles. The van der Waals surface area contributed by atoms with Crippen molar-refractivity contribution in [1.82, 2.24) is 19.6 Å². The first-order valence-electron chi connectivity index (χ1n) is 8.55. The standard InChI is InChI=1S/C18H21N7O2/c1-4-15(26)21-12-5-7-13(8-6-12)22-16(27)9-14-10(2)20-18-23-17(19)24-25(18)11(14)3/h5-8H,4,9H2,1-3H3,(H2,19,24)(H,21,26)(H,22,27). The largest absolute Gasteiger partial charge is 0.366 e. The number of nitrogens with zero attached hydrogens (tertiary/aromatic N) is 4. The van der Waals surface area contributed by atoms with Gasteiger partial charge in [0.1, 0.15) is 0 Å². The molecule has 0 aliphatic carbocycles. The molecule has 0 saturated heterocycles. The van der Waals surface area contributed by atoms with E-state index in [1.807, 2.05) is 13.8 Å². The van der Waals surface area contributed by atoms with Crippen molar-refractivity contribution in [3.63, 3.8) is 0 Å². The molecule has 3 aromatic rings. The number of hydrogen-bond acceptors (Lipinski definition) is 6. The molecule has 0 bridgehead atoms. The summed E-state index contributed by atoms with van der Waals surface area (Å²) in [6, 6.07) is 6.96. The van der Waals surface area contributed by atoms with Crippen molar-refractivity contribution in [2.45, 2.75) is 33.6 Å². The molecule has 0 saturated carbocycles. The van der Waals surface area contributed by atoms with Crippen molar-refractivity contribution >= 4 is 34.9 Å². The zero-order valence-corrected chi connectivity index (χ0v) is 15.4. The van der Waals surface area contributed by atoms with E-state index >= 15 is 0 Å². The third-order valence-corrected chi connectivity index (χ3v) is 4.18. The lowest BCUT2D eigenvalue weighted by atomic mass is 10.1. The van der Waals surface area contributed by atoms with Crippen LogP contribution in [-0.2, 0) is 16.0 Å². The molecule has 0 unspecified atom stereocenters. The maximum Gasteiger partial charge on any atom is 0.254 e. The third kappa shape index (κ3) is 4.02. The number of benzene rings is 1. The summed E-state index contributed by atoms with van der Waals surface area (Å²) < 4.78 is 1.54. The van der Waals surface area contributed by atoms with Gasteiger partial charge in [0.05, 0.1) is 6.42 Å². The highest BCUT2D eigenvalue weighted by Crippen LogP contribution is 2.17. The Labute approximate surface area is 156 Å². The lowest BCUT2D eigenvalue weighted by Crippen LogP contribution is -2.18. The molecule has 9 nitrogen and oxygen atoms in total. The molecule has 1 aromatic carbocycles. The van der Waals surface area contributed by atoms with Crippen LogP contribution in [0.25, 0.3) is 5.78 Å². The summed E-state index contributed by atoms with van der Waals surface area (Å²) >= 11 is 0. The van der Waals surface area contributed by atoms with Gasteiger partial charge in [0.15, 0.2) is 0 Å². The number of amides is 2. The minimum Gasteiger partial charge on any atom is -0.366 e. The second-order valence-corrected chi connectivity index (χ2v) is 6.15. The number of nitrogen functional groups attached to an aromatic ring is 1. The highest BCUT2D eigenvalue weighted by Gasteiger charge is 2.15. The minimum absolute atomic E-state index is 0.0608. The second kappa shape index (κ2) is 7.40. The lowest BCUT2D eigenvalue weighted by Gasteiger charge is -2.11. The van der Waals surface area contributed by atoms with Gasteiger partial charge in [-0.15, -0.1) is 5.10 Å². The van der Waals surface area contributed by atoms with Crippen molar-refractivity contribution < 1.29 is 9.59 Å². The highest BCUT2D eigenvalue weighted by atomic mass is 16.2. The summed E-state index contributed by atoms with van der Waals surface area (Å²) in [5.74, 6) is 0.313. The molecule has 0 radical (unpaired) electrons. The first-order chi connectivity index (χ1) is 12.9. The summed E-state index contributed by atoms with van der Waals surface area (Å²) in [7, 11) is 0. The normalized spacial score (nSPS) is 10.8. The van der Waals surface area contributed by atoms with Crippen LogP contribution in [0.5, 0.6) is 0 Å². The maximum absolute atomic E-state index is 12.5. The number of anilines is 3. The Morgan fingerprint density at radius 1 is 1.04 bits per heavy atom. The van der Waals surface area contributed by atoms with E-state index in [1.165, 1.54) is 4.52 Å². The van der Waals surface area contributed by atoms with Crippen molar-refractivity contribution in [3.05, 3.63) is 41.2 Å². The summed E-state index contributed by atoms with van der Waals surface area (Å²) in [6.45, 7) is 5.46. The van der Waals surface area contributed by atoms with Crippen LogP contribution in [-0.4, -0.2) is 31.4 Å². The number of rotatable bonds is 5. The van der Waals surface area contributed by atoms with E-state index < -0.39 is 0 Å². The van der Waals surface area contributed by atoms with Gasteiger partial charge in [-0.05, 0) is 38.1 Å². The number of hydrogen-bond donors (Lipinski definition) is 3. The molecular weight excluding hydrogens is 346 g/mol. The van der Waals surface area contributed by atoms with Crippen LogP contribution in [0.1, 0.15) is 30.3 Å². The van der Waals surface area contributed by atoms with E-state index in [1.54, 1.807) is 31.2 Å². The number of fused-ring (bicyclic) bond motifs is 1. The molecule has 4 N–H and O–H groups in total. The minimum atomic E-state index is -0.180. The monoisotopic (exact) mass is 367 g/mol. The Kier molecular flexibility index (Phi) is 5.02. The third-order valence-electron chi connectivity index (χ3n) is 4.18. The van der Waals surface area contributed by atoms with Gasteiger partial charge in [-0.1, -0.05) is 6.92 Å². The number of nitrogens with one attached hydrogen (secondary N) is 2. The van der Waals surface area contributed by atoms with Crippen LogP contribution in [0.3, 0.4) is 0 Å². The second-order valence-electron chi connectivity index (χ2n) is 6.15. The van der Waals surface area contributed by atoms with E-state index in [2.05, 4.69) is 25.7 Å². The van der Waals surface area contributed by atoms with Gasteiger partial charge in [-0.3, -0.25) is 9.59 Å². The van der Waals surface area contributed by atoms with Gasteiger partial charge in [0.2, 0.25) is 17.8 Å². The Bertz CT molecular complexity index is 1010. The Hall–Kier alpha value is -3.49. The zero-order valence-electron chi connectivity index (χ0n) is 15.4.